The third-order valence-corrected chi connectivity index (χ3v) is 3.31. The SMILES string of the molecule is O=C(O)C1CC(F)(F)CCN1C(=O)OCc1ccccc1. The van der Waals surface area contributed by atoms with Crippen molar-refractivity contribution in [3.63, 3.8) is 0 Å². The van der Waals surface area contributed by atoms with Crippen LogP contribution in [-0.4, -0.2) is 40.6 Å². The minimum absolute atomic E-state index is 0.0289. The topological polar surface area (TPSA) is 66.8 Å². The lowest BCUT2D eigenvalue weighted by Crippen LogP contribution is -2.53. The van der Waals surface area contributed by atoms with E-state index in [9.17, 15) is 18.4 Å². The minimum Gasteiger partial charge on any atom is -0.480 e. The fraction of sp³-hybridized carbons (Fsp3) is 0.429. The molecule has 1 unspecified atom stereocenters. The predicted molar refractivity (Wildman–Crippen MR) is 68.9 cm³/mol. The maximum absolute atomic E-state index is 13.3. The average Bonchev–Trinajstić information content (AvgIpc) is 2.45. The summed E-state index contributed by atoms with van der Waals surface area (Å²) in [7, 11) is 0. The van der Waals surface area contributed by atoms with E-state index in [0.29, 0.717) is 0 Å². The van der Waals surface area contributed by atoms with Crippen LogP contribution in [0.2, 0.25) is 0 Å². The number of carboxylic acids is 1. The van der Waals surface area contributed by atoms with Crippen LogP contribution in [0.3, 0.4) is 0 Å². The van der Waals surface area contributed by atoms with Crippen LogP contribution in [0.15, 0.2) is 30.3 Å². The molecule has 1 aromatic rings. The predicted octanol–water partition coefficient (Wildman–Crippen LogP) is 2.51. The largest absolute Gasteiger partial charge is 0.480 e. The summed E-state index contributed by atoms with van der Waals surface area (Å²) in [6.07, 6.45) is -2.33. The fourth-order valence-electron chi connectivity index (χ4n) is 2.18. The number of rotatable bonds is 3. The Hall–Kier alpha value is -2.18. The molecular weight excluding hydrogens is 284 g/mol. The normalized spacial score (nSPS) is 20.9. The third-order valence-electron chi connectivity index (χ3n) is 3.31. The second-order valence-electron chi connectivity index (χ2n) is 4.90. The number of carbonyl (C=O) groups excluding carboxylic acids is 1. The summed E-state index contributed by atoms with van der Waals surface area (Å²) in [4.78, 5) is 23.8. The van der Waals surface area contributed by atoms with Gasteiger partial charge in [-0.05, 0) is 5.56 Å². The maximum atomic E-state index is 13.3. The monoisotopic (exact) mass is 299 g/mol. The van der Waals surface area contributed by atoms with Crippen LogP contribution >= 0.6 is 0 Å². The highest BCUT2D eigenvalue weighted by Crippen LogP contribution is 2.32. The molecule has 1 aromatic carbocycles. The molecule has 0 radical (unpaired) electrons. The minimum atomic E-state index is -3.07. The molecular formula is C14H15F2NO4. The number of halogens is 2. The number of nitrogens with zero attached hydrogens (tertiary/aromatic N) is 1. The Morgan fingerprint density at radius 2 is 2.00 bits per heavy atom. The van der Waals surface area contributed by atoms with Gasteiger partial charge in [0.15, 0.2) is 0 Å². The summed E-state index contributed by atoms with van der Waals surface area (Å²) in [6.45, 7) is -0.365. The van der Waals surface area contributed by atoms with Gasteiger partial charge in [-0.15, -0.1) is 0 Å². The molecule has 2 rings (SSSR count). The molecule has 0 saturated carbocycles. The second-order valence-corrected chi connectivity index (χ2v) is 4.90. The summed E-state index contributed by atoms with van der Waals surface area (Å²) in [5.41, 5.74) is 0.736. The van der Waals surface area contributed by atoms with Crippen LogP contribution in [0.1, 0.15) is 18.4 Å². The molecule has 1 N–H and O–H groups in total. The van der Waals surface area contributed by atoms with Gasteiger partial charge in [-0.25, -0.2) is 18.4 Å². The van der Waals surface area contributed by atoms with Gasteiger partial charge in [0.05, 0.1) is 0 Å². The van der Waals surface area contributed by atoms with Gasteiger partial charge < -0.3 is 9.84 Å². The van der Waals surface area contributed by atoms with Crippen molar-refractivity contribution < 1.29 is 28.2 Å². The zero-order chi connectivity index (χ0) is 15.5. The Kier molecular flexibility index (Phi) is 4.40. The van der Waals surface area contributed by atoms with Crippen molar-refractivity contribution in [3.05, 3.63) is 35.9 Å². The Morgan fingerprint density at radius 1 is 1.33 bits per heavy atom. The molecule has 0 spiro atoms. The first-order chi connectivity index (χ1) is 9.89. The zero-order valence-corrected chi connectivity index (χ0v) is 11.2. The van der Waals surface area contributed by atoms with Crippen LogP contribution in [0.25, 0.3) is 0 Å². The summed E-state index contributed by atoms with van der Waals surface area (Å²) >= 11 is 0. The number of ether oxygens (including phenoxy) is 1. The lowest BCUT2D eigenvalue weighted by atomic mass is 9.99. The van der Waals surface area contributed by atoms with E-state index in [0.717, 1.165) is 10.5 Å². The fourth-order valence-corrected chi connectivity index (χ4v) is 2.18. The number of carbonyl (C=O) groups is 2. The summed E-state index contributed by atoms with van der Waals surface area (Å²) in [6, 6.07) is 7.27. The van der Waals surface area contributed by atoms with Crippen LogP contribution < -0.4 is 0 Å². The van der Waals surface area contributed by atoms with Crippen molar-refractivity contribution in [1.29, 1.82) is 0 Å². The molecule has 1 aliphatic heterocycles. The molecule has 1 atom stereocenters. The van der Waals surface area contributed by atoms with E-state index >= 15 is 0 Å². The second kappa shape index (κ2) is 6.07. The Morgan fingerprint density at radius 3 is 2.62 bits per heavy atom. The molecule has 1 aliphatic rings. The zero-order valence-electron chi connectivity index (χ0n) is 11.2. The van der Waals surface area contributed by atoms with Gasteiger partial charge in [0.2, 0.25) is 0 Å². The molecule has 21 heavy (non-hydrogen) atoms. The molecule has 1 fully saturated rings. The quantitative estimate of drug-likeness (QED) is 0.931. The van der Waals surface area contributed by atoms with Gasteiger partial charge in [-0.1, -0.05) is 30.3 Å². The first-order valence-corrected chi connectivity index (χ1v) is 6.47. The van der Waals surface area contributed by atoms with E-state index in [2.05, 4.69) is 0 Å². The summed E-state index contributed by atoms with van der Waals surface area (Å²) < 4.78 is 31.5. The van der Waals surface area contributed by atoms with E-state index in [1.54, 1.807) is 30.3 Å². The number of piperidine rings is 1. The lowest BCUT2D eigenvalue weighted by molar-refractivity contribution is -0.152. The molecule has 1 heterocycles. The van der Waals surface area contributed by atoms with Crippen molar-refractivity contribution in [2.75, 3.05) is 6.54 Å². The summed E-state index contributed by atoms with van der Waals surface area (Å²) in [5, 5.41) is 8.99. The highest BCUT2D eigenvalue weighted by molar-refractivity contribution is 5.80. The number of hydrogen-bond donors (Lipinski definition) is 1. The number of carboxylic acid groups (broad SMARTS) is 1. The number of hydrogen-bond acceptors (Lipinski definition) is 3. The van der Waals surface area contributed by atoms with Gasteiger partial charge in [0.1, 0.15) is 12.6 Å². The van der Waals surface area contributed by atoms with Crippen LogP contribution in [0, 0.1) is 0 Å². The molecule has 114 valence electrons. The summed E-state index contributed by atoms with van der Waals surface area (Å²) in [5.74, 6) is -4.52. The van der Waals surface area contributed by atoms with Gasteiger partial charge in [-0.2, -0.15) is 0 Å². The third kappa shape index (κ3) is 3.90. The van der Waals surface area contributed by atoms with Gasteiger partial charge in [0, 0.05) is 19.4 Å². The van der Waals surface area contributed by atoms with Crippen molar-refractivity contribution in [3.8, 4) is 0 Å². The Bertz CT molecular complexity index is 521. The van der Waals surface area contributed by atoms with E-state index in [4.69, 9.17) is 9.84 Å². The van der Waals surface area contributed by atoms with Crippen molar-refractivity contribution >= 4 is 12.1 Å². The van der Waals surface area contributed by atoms with Crippen molar-refractivity contribution in [2.24, 2.45) is 0 Å². The van der Waals surface area contributed by atoms with Crippen LogP contribution in [0.5, 0.6) is 0 Å². The lowest BCUT2D eigenvalue weighted by Gasteiger charge is -2.36. The number of benzene rings is 1. The van der Waals surface area contributed by atoms with Crippen molar-refractivity contribution in [2.45, 2.75) is 31.4 Å². The maximum Gasteiger partial charge on any atom is 0.410 e. The van der Waals surface area contributed by atoms with E-state index in [1.807, 2.05) is 0 Å². The number of amides is 1. The first kappa shape index (κ1) is 15.2. The number of likely N-dealkylation sites (tertiary alicyclic amines) is 1. The number of aliphatic carboxylic acids is 1. The van der Waals surface area contributed by atoms with Gasteiger partial charge >= 0.3 is 12.1 Å². The van der Waals surface area contributed by atoms with Gasteiger partial charge in [0.25, 0.3) is 5.92 Å². The molecule has 1 amide bonds. The highest BCUT2D eigenvalue weighted by atomic mass is 19.3. The molecule has 5 nitrogen and oxygen atoms in total. The van der Waals surface area contributed by atoms with Crippen LogP contribution in [0.4, 0.5) is 13.6 Å². The van der Waals surface area contributed by atoms with E-state index < -0.39 is 36.9 Å². The Balaban J connectivity index is 1.99. The van der Waals surface area contributed by atoms with E-state index in [-0.39, 0.29) is 13.2 Å². The van der Waals surface area contributed by atoms with Crippen molar-refractivity contribution in [1.82, 2.24) is 4.90 Å². The molecule has 7 heteroatoms. The molecule has 0 bridgehead atoms. The average molecular weight is 299 g/mol. The van der Waals surface area contributed by atoms with Gasteiger partial charge in [-0.3, -0.25) is 4.90 Å². The standard InChI is InChI=1S/C14H15F2NO4/c15-14(16)6-7-17(11(8-14)12(18)19)13(20)21-9-10-4-2-1-3-5-10/h1-5,11H,6-9H2,(H,18,19). The number of alkyl halides is 2. The van der Waals surface area contributed by atoms with Crippen LogP contribution in [-0.2, 0) is 16.1 Å². The van der Waals surface area contributed by atoms with E-state index in [1.165, 1.54) is 0 Å². The molecule has 1 saturated heterocycles. The smallest absolute Gasteiger partial charge is 0.410 e. The molecule has 0 aliphatic carbocycles. The highest BCUT2D eigenvalue weighted by Gasteiger charge is 2.45. The first-order valence-electron chi connectivity index (χ1n) is 6.47. The Labute approximate surface area is 120 Å². The molecule has 0 aromatic heterocycles.